The van der Waals surface area contributed by atoms with E-state index in [9.17, 15) is 0 Å². The van der Waals surface area contributed by atoms with Crippen LogP contribution >= 0.6 is 0 Å². The normalized spacial score (nSPS) is 19.8. The Balaban J connectivity index is 2.49. The summed E-state index contributed by atoms with van der Waals surface area (Å²) in [4.78, 5) is 0. The van der Waals surface area contributed by atoms with Gasteiger partial charge in [0, 0.05) is 6.54 Å². The first kappa shape index (κ1) is 5.57. The molecule has 1 rings (SSSR count). The van der Waals surface area contributed by atoms with Crippen molar-refractivity contribution in [2.75, 3.05) is 13.1 Å². The molecule has 1 heteroatoms. The van der Waals surface area contributed by atoms with Crippen molar-refractivity contribution in [2.45, 2.75) is 6.42 Å². The lowest BCUT2D eigenvalue weighted by atomic mass is 10.1. The lowest BCUT2D eigenvalue weighted by molar-refractivity contribution is 0.713. The van der Waals surface area contributed by atoms with Crippen LogP contribution in [-0.2, 0) is 0 Å². The smallest absolute Gasteiger partial charge is 0.0140 e. The quantitative estimate of drug-likeness (QED) is 0.531. The van der Waals surface area contributed by atoms with Gasteiger partial charge in [-0.3, -0.25) is 0 Å². The molecule has 0 saturated carbocycles. The third kappa shape index (κ3) is 1.20. The highest BCUT2D eigenvalue weighted by Crippen LogP contribution is 2.03. The minimum absolute atomic E-state index is 1.02. The molecule has 0 saturated heterocycles. The minimum Gasteiger partial charge on any atom is -0.313 e. The van der Waals surface area contributed by atoms with Crippen LogP contribution in [0.5, 0.6) is 0 Å². The highest BCUT2D eigenvalue weighted by Gasteiger charge is 1.95. The molecular formula is C7H11N. The van der Waals surface area contributed by atoms with Crippen LogP contribution in [0.25, 0.3) is 0 Å². The van der Waals surface area contributed by atoms with Gasteiger partial charge in [0.25, 0.3) is 0 Å². The van der Waals surface area contributed by atoms with Gasteiger partial charge in [-0.05, 0) is 13.0 Å². The van der Waals surface area contributed by atoms with Crippen LogP contribution in [0.2, 0.25) is 0 Å². The van der Waals surface area contributed by atoms with Crippen molar-refractivity contribution in [3.63, 3.8) is 0 Å². The molecule has 0 aromatic rings. The van der Waals surface area contributed by atoms with Crippen molar-refractivity contribution in [1.82, 2.24) is 5.32 Å². The van der Waals surface area contributed by atoms with Crippen molar-refractivity contribution in [1.29, 1.82) is 0 Å². The van der Waals surface area contributed by atoms with Crippen LogP contribution in [0.3, 0.4) is 0 Å². The average molecular weight is 109 g/mol. The molecule has 1 aliphatic heterocycles. The Hall–Kier alpha value is -0.560. The summed E-state index contributed by atoms with van der Waals surface area (Å²) in [5, 5.41) is 3.22. The van der Waals surface area contributed by atoms with E-state index in [4.69, 9.17) is 0 Å². The molecule has 0 unspecified atom stereocenters. The van der Waals surface area contributed by atoms with Gasteiger partial charge >= 0.3 is 0 Å². The maximum Gasteiger partial charge on any atom is 0.0140 e. The van der Waals surface area contributed by atoms with Crippen molar-refractivity contribution < 1.29 is 0 Å². The van der Waals surface area contributed by atoms with Gasteiger partial charge in [0.05, 0.1) is 0 Å². The van der Waals surface area contributed by atoms with Gasteiger partial charge in [0.1, 0.15) is 0 Å². The maximum absolute atomic E-state index is 3.69. The van der Waals surface area contributed by atoms with Crippen LogP contribution in [-0.4, -0.2) is 13.1 Å². The first-order chi connectivity index (χ1) is 3.93. The molecule has 1 N–H and O–H groups in total. The van der Waals surface area contributed by atoms with Crippen molar-refractivity contribution in [3.05, 3.63) is 24.3 Å². The van der Waals surface area contributed by atoms with Gasteiger partial charge in [-0.2, -0.15) is 0 Å². The van der Waals surface area contributed by atoms with Crippen LogP contribution in [0, 0.1) is 0 Å². The molecule has 1 aliphatic rings. The Kier molecular flexibility index (Phi) is 1.86. The second-order valence-corrected chi connectivity index (χ2v) is 1.94. The van der Waals surface area contributed by atoms with E-state index in [1.54, 1.807) is 0 Å². The first-order valence-corrected chi connectivity index (χ1v) is 2.95. The maximum atomic E-state index is 3.69. The molecular weight excluding hydrogens is 98.1 g/mol. The van der Waals surface area contributed by atoms with Gasteiger partial charge in [0.2, 0.25) is 0 Å². The largest absolute Gasteiger partial charge is 0.313 e. The van der Waals surface area contributed by atoms with Crippen molar-refractivity contribution in [2.24, 2.45) is 0 Å². The predicted molar refractivity (Wildman–Crippen MR) is 35.8 cm³/mol. The summed E-state index contributed by atoms with van der Waals surface area (Å²) in [6.45, 7) is 5.81. The summed E-state index contributed by atoms with van der Waals surface area (Å²) in [7, 11) is 0. The molecule has 0 aromatic carbocycles. The Labute approximate surface area is 50.1 Å². The minimum atomic E-state index is 1.02. The number of allylic oxidation sites excluding steroid dienone is 1. The molecule has 0 radical (unpaired) electrons. The zero-order chi connectivity index (χ0) is 5.82. The second kappa shape index (κ2) is 2.68. The van der Waals surface area contributed by atoms with Crippen molar-refractivity contribution in [3.8, 4) is 0 Å². The van der Waals surface area contributed by atoms with E-state index in [1.165, 1.54) is 5.57 Å². The zero-order valence-electron chi connectivity index (χ0n) is 4.98. The van der Waals surface area contributed by atoms with Crippen LogP contribution in [0.15, 0.2) is 24.3 Å². The number of nitrogens with one attached hydrogen (secondary N) is 1. The molecule has 8 heavy (non-hydrogen) atoms. The molecule has 0 fully saturated rings. The highest BCUT2D eigenvalue weighted by molar-refractivity contribution is 5.18. The fraction of sp³-hybridized carbons (Fsp3) is 0.429. The van der Waals surface area contributed by atoms with E-state index in [1.807, 2.05) is 6.08 Å². The van der Waals surface area contributed by atoms with E-state index < -0.39 is 0 Å². The highest BCUT2D eigenvalue weighted by atomic mass is 14.8. The SMILES string of the molecule is C=CC1=CCNCC1. The predicted octanol–water partition coefficient (Wildman–Crippen LogP) is 1.09. The third-order valence-corrected chi connectivity index (χ3v) is 1.36. The summed E-state index contributed by atoms with van der Waals surface area (Å²) >= 11 is 0. The summed E-state index contributed by atoms with van der Waals surface area (Å²) in [5.41, 5.74) is 1.38. The fourth-order valence-electron chi connectivity index (χ4n) is 0.826. The molecule has 0 spiro atoms. The van der Waals surface area contributed by atoms with Crippen LogP contribution in [0.1, 0.15) is 6.42 Å². The summed E-state index contributed by atoms with van der Waals surface area (Å²) < 4.78 is 0. The third-order valence-electron chi connectivity index (χ3n) is 1.36. The number of rotatable bonds is 1. The number of hydrogen-bond donors (Lipinski definition) is 1. The molecule has 44 valence electrons. The summed E-state index contributed by atoms with van der Waals surface area (Å²) in [5.74, 6) is 0. The van der Waals surface area contributed by atoms with Crippen molar-refractivity contribution >= 4 is 0 Å². The monoisotopic (exact) mass is 109 g/mol. The van der Waals surface area contributed by atoms with Crippen LogP contribution in [0.4, 0.5) is 0 Å². The molecule has 0 bridgehead atoms. The van der Waals surface area contributed by atoms with E-state index in [0.29, 0.717) is 0 Å². The Morgan fingerprint density at radius 3 is 3.00 bits per heavy atom. The summed E-state index contributed by atoms with van der Waals surface area (Å²) in [6, 6.07) is 0. The van der Waals surface area contributed by atoms with Gasteiger partial charge in [-0.15, -0.1) is 0 Å². The molecule has 0 aliphatic carbocycles. The van der Waals surface area contributed by atoms with Gasteiger partial charge in [-0.25, -0.2) is 0 Å². The van der Waals surface area contributed by atoms with E-state index in [-0.39, 0.29) is 0 Å². The van der Waals surface area contributed by atoms with Gasteiger partial charge < -0.3 is 5.32 Å². The Bertz CT molecular complexity index is 114. The molecule has 0 aromatic heterocycles. The summed E-state index contributed by atoms with van der Waals surface area (Å²) in [6.07, 6.45) is 5.25. The van der Waals surface area contributed by atoms with E-state index in [0.717, 1.165) is 19.5 Å². The van der Waals surface area contributed by atoms with Gasteiger partial charge in [-0.1, -0.05) is 24.3 Å². The molecule has 1 nitrogen and oxygen atoms in total. The van der Waals surface area contributed by atoms with E-state index in [2.05, 4.69) is 18.0 Å². The fourth-order valence-corrected chi connectivity index (χ4v) is 0.826. The second-order valence-electron chi connectivity index (χ2n) is 1.94. The molecule has 0 amide bonds. The first-order valence-electron chi connectivity index (χ1n) is 2.95. The van der Waals surface area contributed by atoms with Crippen LogP contribution < -0.4 is 5.32 Å². The standard InChI is InChI=1S/C7H11N/c1-2-7-3-5-8-6-4-7/h2-3,8H,1,4-6H2. The lowest BCUT2D eigenvalue weighted by Gasteiger charge is -2.08. The average Bonchev–Trinajstić information content (AvgIpc) is 1.90. The Morgan fingerprint density at radius 1 is 1.75 bits per heavy atom. The lowest BCUT2D eigenvalue weighted by Crippen LogP contribution is -2.19. The molecule has 0 atom stereocenters. The number of hydrogen-bond acceptors (Lipinski definition) is 1. The topological polar surface area (TPSA) is 12.0 Å². The molecule has 1 heterocycles. The Morgan fingerprint density at radius 2 is 2.62 bits per heavy atom. The van der Waals surface area contributed by atoms with E-state index >= 15 is 0 Å². The van der Waals surface area contributed by atoms with Gasteiger partial charge in [0.15, 0.2) is 0 Å². The zero-order valence-corrected chi connectivity index (χ0v) is 4.98.